The first kappa shape index (κ1) is 23.1. The first-order chi connectivity index (χ1) is 15.3. The first-order valence-electron chi connectivity index (χ1n) is 10.7. The molecule has 0 aromatic heterocycles. The summed E-state index contributed by atoms with van der Waals surface area (Å²) in [5.41, 5.74) is 2.80. The Balaban J connectivity index is 1.62. The van der Waals surface area contributed by atoms with Crippen molar-refractivity contribution in [2.24, 2.45) is 4.99 Å². The fraction of sp³-hybridized carbons (Fsp3) is 0.391. The Hall–Kier alpha value is -2.03. The molecule has 0 unspecified atom stereocenters. The minimum atomic E-state index is -3.10. The lowest BCUT2D eigenvalue weighted by Crippen LogP contribution is -2.37. The molecule has 1 amide bonds. The number of sulfone groups is 1. The third kappa shape index (κ3) is 4.97. The molecule has 0 bridgehead atoms. The largest absolute Gasteiger partial charge is 0.372 e. The smallest absolute Gasteiger partial charge is 0.252 e. The zero-order chi connectivity index (χ0) is 22.9. The number of carbonyl (C=O) groups excluding carboxylic acids is 1. The highest BCUT2D eigenvalue weighted by molar-refractivity contribution is 8.16. The van der Waals surface area contributed by atoms with E-state index < -0.39 is 9.84 Å². The molecule has 2 aromatic rings. The summed E-state index contributed by atoms with van der Waals surface area (Å²) in [5, 5.41) is 1.07. The van der Waals surface area contributed by atoms with Crippen LogP contribution in [0.3, 0.4) is 0 Å². The van der Waals surface area contributed by atoms with Crippen LogP contribution in [0.5, 0.6) is 0 Å². The number of hydrogen-bond acceptors (Lipinski definition) is 5. The van der Waals surface area contributed by atoms with E-state index in [1.807, 2.05) is 41.3 Å². The van der Waals surface area contributed by atoms with E-state index in [2.05, 4.69) is 23.7 Å². The van der Waals surface area contributed by atoms with Gasteiger partial charge in [0.2, 0.25) is 0 Å². The third-order valence-corrected chi connectivity index (χ3v) is 9.27. The summed E-state index contributed by atoms with van der Waals surface area (Å²) < 4.78 is 24.6. The Morgan fingerprint density at radius 1 is 1.09 bits per heavy atom. The van der Waals surface area contributed by atoms with Crippen LogP contribution in [0, 0.1) is 0 Å². The molecule has 2 aliphatic rings. The number of rotatable bonds is 6. The lowest BCUT2D eigenvalue weighted by atomic mass is 10.1. The van der Waals surface area contributed by atoms with Gasteiger partial charge in [0.25, 0.3) is 5.91 Å². The average Bonchev–Trinajstić information content (AvgIpc) is 3.22. The van der Waals surface area contributed by atoms with Crippen LogP contribution in [0.2, 0.25) is 5.02 Å². The molecule has 0 N–H and O–H groups in total. The van der Waals surface area contributed by atoms with Gasteiger partial charge < -0.3 is 9.80 Å². The third-order valence-electron chi connectivity index (χ3n) is 5.81. The minimum absolute atomic E-state index is 0.0762. The zero-order valence-electron chi connectivity index (χ0n) is 18.1. The van der Waals surface area contributed by atoms with Gasteiger partial charge in [-0.05, 0) is 55.8 Å². The quantitative estimate of drug-likeness (QED) is 0.607. The van der Waals surface area contributed by atoms with Gasteiger partial charge in [0.1, 0.15) is 0 Å². The van der Waals surface area contributed by atoms with Crippen LogP contribution in [-0.2, 0) is 21.1 Å². The Bertz CT molecular complexity index is 1110. The van der Waals surface area contributed by atoms with Crippen LogP contribution < -0.4 is 9.80 Å². The van der Waals surface area contributed by atoms with Gasteiger partial charge in [0, 0.05) is 34.7 Å². The van der Waals surface area contributed by atoms with E-state index in [1.165, 1.54) is 11.8 Å². The predicted octanol–water partition coefficient (Wildman–Crippen LogP) is 4.03. The van der Waals surface area contributed by atoms with Crippen molar-refractivity contribution in [2.75, 3.05) is 34.4 Å². The van der Waals surface area contributed by atoms with E-state index in [0.29, 0.717) is 10.2 Å². The van der Waals surface area contributed by atoms with E-state index in [-0.39, 0.29) is 35.1 Å². The van der Waals surface area contributed by atoms with Crippen LogP contribution in [0.15, 0.2) is 53.5 Å². The first-order valence-corrected chi connectivity index (χ1v) is 13.7. The van der Waals surface area contributed by atoms with Crippen molar-refractivity contribution in [1.82, 2.24) is 0 Å². The molecule has 32 heavy (non-hydrogen) atoms. The van der Waals surface area contributed by atoms with E-state index in [4.69, 9.17) is 11.6 Å². The molecule has 2 saturated heterocycles. The summed E-state index contributed by atoms with van der Waals surface area (Å²) in [6, 6.07) is 15.0. The van der Waals surface area contributed by atoms with Gasteiger partial charge in [-0.3, -0.25) is 4.79 Å². The molecule has 0 radical (unpaired) electrons. The molecule has 0 spiro atoms. The lowest BCUT2D eigenvalue weighted by molar-refractivity contribution is -0.117. The number of nitrogens with zero attached hydrogens (tertiary/aromatic N) is 3. The molecule has 170 valence electrons. The number of amidine groups is 1. The van der Waals surface area contributed by atoms with Gasteiger partial charge >= 0.3 is 0 Å². The maximum atomic E-state index is 12.7. The van der Waals surface area contributed by atoms with E-state index in [1.54, 1.807) is 12.1 Å². The summed E-state index contributed by atoms with van der Waals surface area (Å²) in [7, 11) is -3.10. The van der Waals surface area contributed by atoms with Gasteiger partial charge in [-0.15, -0.1) is 0 Å². The van der Waals surface area contributed by atoms with Crippen molar-refractivity contribution < 1.29 is 13.2 Å². The molecule has 2 aliphatic heterocycles. The summed E-state index contributed by atoms with van der Waals surface area (Å²) in [6.07, 6.45) is 0.170. The number of fused-ring (bicyclic) bond motifs is 1. The highest BCUT2D eigenvalue weighted by Gasteiger charge is 2.49. The number of aliphatic imine (C=N–C) groups is 1. The van der Waals surface area contributed by atoms with Crippen LogP contribution in [0.1, 0.15) is 19.4 Å². The normalized spacial score (nSPS) is 22.8. The molecule has 9 heteroatoms. The minimum Gasteiger partial charge on any atom is -0.372 e. The van der Waals surface area contributed by atoms with Gasteiger partial charge in [0.05, 0.1) is 24.0 Å². The fourth-order valence-electron chi connectivity index (χ4n) is 4.20. The fourth-order valence-corrected chi connectivity index (χ4v) is 8.26. The van der Waals surface area contributed by atoms with E-state index >= 15 is 0 Å². The van der Waals surface area contributed by atoms with Crippen LogP contribution in [0.4, 0.5) is 11.4 Å². The molecule has 2 fully saturated rings. The number of anilines is 2. The lowest BCUT2D eigenvalue weighted by Gasteiger charge is -2.26. The van der Waals surface area contributed by atoms with Crippen LogP contribution >= 0.6 is 23.4 Å². The maximum Gasteiger partial charge on any atom is 0.252 e. The SMILES string of the molecule is CCN(CC)c1ccc(N2C(=NC(=O)Cc3ccc(Cl)cc3)S[C@H]3CS(=O)(=O)C[C@H]32)cc1. The van der Waals surface area contributed by atoms with E-state index in [9.17, 15) is 13.2 Å². The van der Waals surface area contributed by atoms with Gasteiger partial charge in [0.15, 0.2) is 15.0 Å². The van der Waals surface area contributed by atoms with Crippen molar-refractivity contribution in [3.05, 3.63) is 59.1 Å². The monoisotopic (exact) mass is 491 g/mol. The van der Waals surface area contributed by atoms with Crippen molar-refractivity contribution in [1.29, 1.82) is 0 Å². The van der Waals surface area contributed by atoms with Gasteiger partial charge in [-0.2, -0.15) is 4.99 Å². The highest BCUT2D eigenvalue weighted by atomic mass is 35.5. The zero-order valence-corrected chi connectivity index (χ0v) is 20.5. The molecular formula is C23H26ClN3O3S2. The second-order valence-electron chi connectivity index (χ2n) is 7.95. The molecule has 0 saturated carbocycles. The number of thioether (sulfide) groups is 1. The molecule has 0 aliphatic carbocycles. The second kappa shape index (κ2) is 9.45. The molecule has 2 atom stereocenters. The Labute approximate surface area is 198 Å². The molecule has 2 aromatic carbocycles. The Kier molecular flexibility index (Phi) is 6.83. The molecule has 6 nitrogen and oxygen atoms in total. The van der Waals surface area contributed by atoms with Gasteiger partial charge in [-0.25, -0.2) is 8.42 Å². The number of amides is 1. The standard InChI is InChI=1S/C23H26ClN3O3S2/c1-3-26(4-2)18-9-11-19(12-10-18)27-20-14-32(29,30)15-21(20)31-23(27)25-22(28)13-16-5-7-17(24)8-6-16/h5-12,20-21H,3-4,13-15H2,1-2H3/t20-,21+/m1/s1. The number of hydrogen-bond donors (Lipinski definition) is 0. The summed E-state index contributed by atoms with van der Waals surface area (Å²) in [4.78, 5) is 21.3. The number of carbonyl (C=O) groups is 1. The summed E-state index contributed by atoms with van der Waals surface area (Å²) in [5.74, 6) is -0.0735. The number of benzene rings is 2. The van der Waals surface area contributed by atoms with E-state index in [0.717, 1.165) is 30.0 Å². The van der Waals surface area contributed by atoms with Crippen LogP contribution in [-0.4, -0.2) is 55.4 Å². The highest BCUT2D eigenvalue weighted by Crippen LogP contribution is 2.41. The second-order valence-corrected chi connectivity index (χ2v) is 11.7. The van der Waals surface area contributed by atoms with Crippen molar-refractivity contribution in [2.45, 2.75) is 31.6 Å². The summed E-state index contributed by atoms with van der Waals surface area (Å²) >= 11 is 7.32. The van der Waals surface area contributed by atoms with Crippen molar-refractivity contribution >= 4 is 55.6 Å². The number of halogens is 1. The van der Waals surface area contributed by atoms with Crippen molar-refractivity contribution in [3.8, 4) is 0 Å². The average molecular weight is 492 g/mol. The van der Waals surface area contributed by atoms with Crippen LogP contribution in [0.25, 0.3) is 0 Å². The maximum absolute atomic E-state index is 12.7. The summed E-state index contributed by atoms with van der Waals surface area (Å²) in [6.45, 7) is 6.04. The van der Waals surface area contributed by atoms with Crippen molar-refractivity contribution in [3.63, 3.8) is 0 Å². The molecule has 2 heterocycles. The predicted molar refractivity (Wildman–Crippen MR) is 134 cm³/mol. The van der Waals surface area contributed by atoms with Gasteiger partial charge in [-0.1, -0.05) is 35.5 Å². The molecule has 4 rings (SSSR count). The molecular weight excluding hydrogens is 466 g/mol. The Morgan fingerprint density at radius 3 is 2.38 bits per heavy atom. The topological polar surface area (TPSA) is 70.0 Å². The Morgan fingerprint density at radius 2 is 1.75 bits per heavy atom.